The zero-order chi connectivity index (χ0) is 18.3. The summed E-state index contributed by atoms with van der Waals surface area (Å²) < 4.78 is 0. The number of aliphatic imine (C=N–C) groups is 1. The van der Waals surface area contributed by atoms with Crippen LogP contribution in [0.25, 0.3) is 10.8 Å². The molecule has 4 nitrogen and oxygen atoms in total. The Hall–Kier alpha value is -3.79. The standard InChI is InChI=1S/C23H18N4/c1-2-10-21(11-3-1)26-23(22-12-6-7-15-24-22)27-25-17-18-13-14-19-8-4-5-9-20(19)16-18/h1-17H,(H,26,27)/b25-17+. The smallest absolute Gasteiger partial charge is 0.172 e. The number of benzene rings is 3. The van der Waals surface area contributed by atoms with E-state index in [4.69, 9.17) is 0 Å². The highest BCUT2D eigenvalue weighted by molar-refractivity contribution is 5.99. The fourth-order valence-corrected chi connectivity index (χ4v) is 2.73. The lowest BCUT2D eigenvalue weighted by atomic mass is 10.1. The SMILES string of the molecule is C(=N\NC(=Nc1ccccc1)c1ccccn1)/c1ccc2ccccc2c1. The zero-order valence-corrected chi connectivity index (χ0v) is 14.7. The van der Waals surface area contributed by atoms with Gasteiger partial charge in [-0.1, -0.05) is 60.7 Å². The maximum absolute atomic E-state index is 4.64. The van der Waals surface area contributed by atoms with Crippen molar-refractivity contribution in [2.24, 2.45) is 10.1 Å². The molecule has 3 aromatic carbocycles. The lowest BCUT2D eigenvalue weighted by molar-refractivity contribution is 1.02. The topological polar surface area (TPSA) is 49.6 Å². The molecule has 0 saturated carbocycles. The molecule has 27 heavy (non-hydrogen) atoms. The summed E-state index contributed by atoms with van der Waals surface area (Å²) in [5.41, 5.74) is 5.63. The van der Waals surface area contributed by atoms with Gasteiger partial charge in [-0.2, -0.15) is 5.10 Å². The molecule has 0 unspecified atom stereocenters. The van der Waals surface area contributed by atoms with Gasteiger partial charge < -0.3 is 0 Å². The van der Waals surface area contributed by atoms with Crippen LogP contribution in [0.2, 0.25) is 0 Å². The second kappa shape index (κ2) is 8.06. The molecule has 0 spiro atoms. The first-order chi connectivity index (χ1) is 13.4. The number of hydrogen-bond donors (Lipinski definition) is 1. The highest BCUT2D eigenvalue weighted by Crippen LogP contribution is 2.15. The second-order valence-electron chi connectivity index (χ2n) is 5.99. The van der Waals surface area contributed by atoms with Crippen molar-refractivity contribution in [2.75, 3.05) is 0 Å². The van der Waals surface area contributed by atoms with Crippen molar-refractivity contribution >= 4 is 28.5 Å². The minimum absolute atomic E-state index is 0.596. The summed E-state index contributed by atoms with van der Waals surface area (Å²) in [6.45, 7) is 0. The van der Waals surface area contributed by atoms with Crippen molar-refractivity contribution in [2.45, 2.75) is 0 Å². The average molecular weight is 350 g/mol. The van der Waals surface area contributed by atoms with Gasteiger partial charge in [-0.05, 0) is 46.7 Å². The molecule has 130 valence electrons. The summed E-state index contributed by atoms with van der Waals surface area (Å²) in [6.07, 6.45) is 3.53. The number of rotatable bonds is 4. The van der Waals surface area contributed by atoms with Crippen LogP contribution in [0.5, 0.6) is 0 Å². The van der Waals surface area contributed by atoms with Crippen LogP contribution in [-0.4, -0.2) is 17.0 Å². The average Bonchev–Trinajstić information content (AvgIpc) is 2.74. The zero-order valence-electron chi connectivity index (χ0n) is 14.7. The number of pyridine rings is 1. The number of hydrazone groups is 1. The summed E-state index contributed by atoms with van der Waals surface area (Å²) >= 11 is 0. The van der Waals surface area contributed by atoms with Crippen LogP contribution in [0.3, 0.4) is 0 Å². The third-order valence-electron chi connectivity index (χ3n) is 4.06. The van der Waals surface area contributed by atoms with E-state index in [1.165, 1.54) is 10.8 Å². The van der Waals surface area contributed by atoms with Crippen molar-refractivity contribution in [3.05, 3.63) is 108 Å². The monoisotopic (exact) mass is 350 g/mol. The Morgan fingerprint density at radius 1 is 0.778 bits per heavy atom. The molecule has 0 radical (unpaired) electrons. The molecular formula is C23H18N4. The van der Waals surface area contributed by atoms with Gasteiger partial charge in [0.25, 0.3) is 0 Å². The van der Waals surface area contributed by atoms with Gasteiger partial charge in [-0.3, -0.25) is 10.4 Å². The van der Waals surface area contributed by atoms with Gasteiger partial charge in [0, 0.05) is 6.20 Å². The van der Waals surface area contributed by atoms with Crippen molar-refractivity contribution in [1.82, 2.24) is 10.4 Å². The number of hydrogen-bond acceptors (Lipinski definition) is 3. The Bertz CT molecular complexity index is 1090. The van der Waals surface area contributed by atoms with Crippen LogP contribution >= 0.6 is 0 Å². The highest BCUT2D eigenvalue weighted by Gasteiger charge is 2.03. The Balaban J connectivity index is 1.59. The van der Waals surface area contributed by atoms with Crippen LogP contribution in [0, 0.1) is 0 Å². The van der Waals surface area contributed by atoms with Gasteiger partial charge in [0.15, 0.2) is 5.84 Å². The molecule has 0 aliphatic heterocycles. The van der Waals surface area contributed by atoms with E-state index in [1.807, 2.05) is 66.7 Å². The Kier molecular flexibility index (Phi) is 4.97. The van der Waals surface area contributed by atoms with E-state index in [0.29, 0.717) is 5.84 Å². The third-order valence-corrected chi connectivity index (χ3v) is 4.06. The van der Waals surface area contributed by atoms with E-state index in [-0.39, 0.29) is 0 Å². The minimum Gasteiger partial charge on any atom is -0.260 e. The summed E-state index contributed by atoms with van der Waals surface area (Å²) in [5.74, 6) is 0.596. The van der Waals surface area contributed by atoms with E-state index in [9.17, 15) is 0 Å². The van der Waals surface area contributed by atoms with Gasteiger partial charge in [-0.15, -0.1) is 0 Å². The molecular weight excluding hydrogens is 332 g/mol. The van der Waals surface area contributed by atoms with Crippen LogP contribution < -0.4 is 5.43 Å². The van der Waals surface area contributed by atoms with Gasteiger partial charge in [0.2, 0.25) is 0 Å². The summed E-state index contributed by atoms with van der Waals surface area (Å²) in [7, 11) is 0. The van der Waals surface area contributed by atoms with Gasteiger partial charge in [0.1, 0.15) is 5.69 Å². The fourth-order valence-electron chi connectivity index (χ4n) is 2.73. The van der Waals surface area contributed by atoms with E-state index < -0.39 is 0 Å². The maximum atomic E-state index is 4.64. The van der Waals surface area contributed by atoms with Crippen LogP contribution in [-0.2, 0) is 0 Å². The van der Waals surface area contributed by atoms with Crippen LogP contribution in [0.1, 0.15) is 11.3 Å². The minimum atomic E-state index is 0.596. The predicted molar refractivity (Wildman–Crippen MR) is 112 cm³/mol. The molecule has 4 rings (SSSR count). The summed E-state index contributed by atoms with van der Waals surface area (Å²) in [5, 5.41) is 6.77. The number of nitrogens with one attached hydrogen (secondary N) is 1. The number of para-hydroxylation sites is 1. The molecule has 0 aliphatic rings. The van der Waals surface area contributed by atoms with E-state index in [1.54, 1.807) is 12.4 Å². The lowest BCUT2D eigenvalue weighted by Crippen LogP contribution is -2.20. The molecule has 0 amide bonds. The maximum Gasteiger partial charge on any atom is 0.172 e. The lowest BCUT2D eigenvalue weighted by Gasteiger charge is -2.05. The first-order valence-electron chi connectivity index (χ1n) is 8.71. The van der Waals surface area contributed by atoms with Crippen molar-refractivity contribution in [3.8, 4) is 0 Å². The molecule has 1 aromatic heterocycles. The number of fused-ring (bicyclic) bond motifs is 1. The van der Waals surface area contributed by atoms with E-state index >= 15 is 0 Å². The Morgan fingerprint density at radius 2 is 1.56 bits per heavy atom. The van der Waals surface area contributed by atoms with E-state index in [0.717, 1.165) is 16.9 Å². The Morgan fingerprint density at radius 3 is 2.37 bits per heavy atom. The molecule has 4 heteroatoms. The van der Waals surface area contributed by atoms with Crippen LogP contribution in [0.15, 0.2) is 107 Å². The van der Waals surface area contributed by atoms with Crippen molar-refractivity contribution < 1.29 is 0 Å². The molecule has 1 heterocycles. The Labute approximate surface area is 157 Å². The first kappa shape index (κ1) is 16.7. The first-order valence-corrected chi connectivity index (χ1v) is 8.71. The van der Waals surface area contributed by atoms with Crippen LogP contribution in [0.4, 0.5) is 5.69 Å². The molecule has 0 saturated heterocycles. The molecule has 4 aromatic rings. The third kappa shape index (κ3) is 4.25. The number of aromatic nitrogens is 1. The van der Waals surface area contributed by atoms with Gasteiger partial charge >= 0.3 is 0 Å². The molecule has 0 fully saturated rings. The number of nitrogens with zero attached hydrogens (tertiary/aromatic N) is 3. The van der Waals surface area contributed by atoms with E-state index in [2.05, 4.69) is 44.8 Å². The summed E-state index contributed by atoms with van der Waals surface area (Å²) in [4.78, 5) is 9.01. The largest absolute Gasteiger partial charge is 0.260 e. The summed E-state index contributed by atoms with van der Waals surface area (Å²) in [6, 6.07) is 30.0. The van der Waals surface area contributed by atoms with Gasteiger partial charge in [0.05, 0.1) is 11.9 Å². The quantitative estimate of drug-likeness (QED) is 0.322. The van der Waals surface area contributed by atoms with Gasteiger partial charge in [-0.25, -0.2) is 4.99 Å². The molecule has 0 bridgehead atoms. The highest BCUT2D eigenvalue weighted by atomic mass is 15.3. The van der Waals surface area contributed by atoms with Crippen molar-refractivity contribution in [3.63, 3.8) is 0 Å². The normalized spacial score (nSPS) is 11.8. The number of amidine groups is 1. The molecule has 0 atom stereocenters. The van der Waals surface area contributed by atoms with Crippen molar-refractivity contribution in [1.29, 1.82) is 0 Å². The predicted octanol–water partition coefficient (Wildman–Crippen LogP) is 4.94. The fraction of sp³-hybridized carbons (Fsp3) is 0. The second-order valence-corrected chi connectivity index (χ2v) is 5.99. The molecule has 0 aliphatic carbocycles. The molecule has 1 N–H and O–H groups in total.